The van der Waals surface area contributed by atoms with Crippen molar-refractivity contribution < 1.29 is 14.1 Å². The molecule has 128 valence electrons. The fourth-order valence-corrected chi connectivity index (χ4v) is 2.65. The molecule has 0 unspecified atom stereocenters. The number of hydrogen-bond donors (Lipinski definition) is 1. The third-order valence-electron chi connectivity index (χ3n) is 4.07. The molecule has 24 heavy (non-hydrogen) atoms. The van der Waals surface area contributed by atoms with Crippen LogP contribution in [0.15, 0.2) is 28.8 Å². The Bertz CT molecular complexity index is 677. The second-order valence-electron chi connectivity index (χ2n) is 5.60. The fraction of sp³-hybridized carbons (Fsp3) is 0.438. The molecule has 8 heteroatoms. The molecule has 0 aliphatic carbocycles. The number of nitrogens with two attached hydrogens (primary N) is 1. The van der Waals surface area contributed by atoms with Crippen molar-refractivity contribution in [3.63, 3.8) is 0 Å². The number of hydrogen-bond acceptors (Lipinski definition) is 7. The van der Waals surface area contributed by atoms with E-state index in [2.05, 4.69) is 15.0 Å². The molecule has 2 N–H and O–H groups in total. The molecule has 2 aromatic rings. The second-order valence-corrected chi connectivity index (χ2v) is 5.60. The van der Waals surface area contributed by atoms with Crippen molar-refractivity contribution in [3.05, 3.63) is 30.2 Å². The summed E-state index contributed by atoms with van der Waals surface area (Å²) in [4.78, 5) is 20.0. The first kappa shape index (κ1) is 16.4. The molecule has 2 heterocycles. The smallest absolute Gasteiger partial charge is 0.241 e. The summed E-state index contributed by atoms with van der Waals surface area (Å²) in [6.45, 7) is 3.53. The van der Waals surface area contributed by atoms with Crippen molar-refractivity contribution in [2.45, 2.75) is 6.54 Å². The summed E-state index contributed by atoms with van der Waals surface area (Å²) in [6.07, 6.45) is 0. The van der Waals surface area contributed by atoms with Gasteiger partial charge in [-0.15, -0.1) is 0 Å². The van der Waals surface area contributed by atoms with Gasteiger partial charge in [0.15, 0.2) is 0 Å². The Balaban J connectivity index is 1.57. The van der Waals surface area contributed by atoms with Gasteiger partial charge in [-0.2, -0.15) is 4.98 Å². The molecular weight excluding hydrogens is 310 g/mol. The molecule has 1 aromatic carbocycles. The minimum atomic E-state index is -0.00534. The minimum Gasteiger partial charge on any atom is -0.497 e. The van der Waals surface area contributed by atoms with Crippen LogP contribution in [0.25, 0.3) is 11.4 Å². The quantitative estimate of drug-likeness (QED) is 0.844. The van der Waals surface area contributed by atoms with E-state index in [1.165, 1.54) is 0 Å². The number of carbonyl (C=O) groups is 1. The zero-order chi connectivity index (χ0) is 16.9. The summed E-state index contributed by atoms with van der Waals surface area (Å²) < 4.78 is 10.5. The minimum absolute atomic E-state index is 0.00534. The molecule has 0 bridgehead atoms. The van der Waals surface area contributed by atoms with Gasteiger partial charge in [-0.3, -0.25) is 9.69 Å². The van der Waals surface area contributed by atoms with E-state index in [9.17, 15) is 4.79 Å². The van der Waals surface area contributed by atoms with Gasteiger partial charge in [0.05, 0.1) is 20.2 Å². The average Bonchev–Trinajstić information content (AvgIpc) is 3.10. The average molecular weight is 331 g/mol. The third-order valence-corrected chi connectivity index (χ3v) is 4.07. The van der Waals surface area contributed by atoms with Gasteiger partial charge in [-0.05, 0) is 24.3 Å². The molecule has 3 rings (SSSR count). The molecular formula is C16H21N5O3. The van der Waals surface area contributed by atoms with Gasteiger partial charge in [0.1, 0.15) is 5.75 Å². The SMILES string of the molecule is COc1ccc(-c2noc(CN3CCN(C(=O)CN)CC3)n2)cc1. The van der Waals surface area contributed by atoms with Crippen LogP contribution >= 0.6 is 0 Å². The van der Waals surface area contributed by atoms with E-state index < -0.39 is 0 Å². The maximum atomic E-state index is 11.6. The first-order chi connectivity index (χ1) is 11.7. The number of benzene rings is 1. The van der Waals surface area contributed by atoms with Gasteiger partial charge in [0.25, 0.3) is 0 Å². The summed E-state index contributed by atoms with van der Waals surface area (Å²) in [5.74, 6) is 1.91. The van der Waals surface area contributed by atoms with Gasteiger partial charge in [0.2, 0.25) is 17.6 Å². The van der Waals surface area contributed by atoms with Crippen molar-refractivity contribution >= 4 is 5.91 Å². The van der Waals surface area contributed by atoms with Crippen LogP contribution in [0.1, 0.15) is 5.89 Å². The van der Waals surface area contributed by atoms with Gasteiger partial charge in [0, 0.05) is 31.7 Å². The molecule has 0 radical (unpaired) electrons. The number of methoxy groups -OCH3 is 1. The van der Waals surface area contributed by atoms with Crippen LogP contribution in [-0.2, 0) is 11.3 Å². The van der Waals surface area contributed by atoms with E-state index in [4.69, 9.17) is 15.0 Å². The van der Waals surface area contributed by atoms with E-state index in [0.717, 1.165) is 24.4 Å². The van der Waals surface area contributed by atoms with Crippen LogP contribution in [0, 0.1) is 0 Å². The number of carbonyl (C=O) groups excluding carboxylic acids is 1. The molecule has 1 fully saturated rings. The Labute approximate surface area is 140 Å². The number of piperazine rings is 1. The van der Waals surface area contributed by atoms with E-state index >= 15 is 0 Å². The highest BCUT2D eigenvalue weighted by atomic mass is 16.5. The summed E-state index contributed by atoms with van der Waals surface area (Å²) in [7, 11) is 1.63. The zero-order valence-electron chi connectivity index (χ0n) is 13.6. The number of aromatic nitrogens is 2. The molecule has 1 aliphatic rings. The van der Waals surface area contributed by atoms with Crippen LogP contribution in [0.4, 0.5) is 0 Å². The summed E-state index contributed by atoms with van der Waals surface area (Å²) in [5.41, 5.74) is 6.27. The Morgan fingerprint density at radius 3 is 2.58 bits per heavy atom. The lowest BCUT2D eigenvalue weighted by molar-refractivity contribution is -0.131. The molecule has 1 amide bonds. The highest BCUT2D eigenvalue weighted by molar-refractivity contribution is 5.78. The molecule has 1 aromatic heterocycles. The third kappa shape index (κ3) is 3.72. The van der Waals surface area contributed by atoms with E-state index in [0.29, 0.717) is 31.3 Å². The van der Waals surface area contributed by atoms with E-state index in [1.54, 1.807) is 12.0 Å². The highest BCUT2D eigenvalue weighted by Crippen LogP contribution is 2.20. The molecule has 0 spiro atoms. The Kier molecular flexibility index (Phi) is 5.07. The predicted octanol–water partition coefficient (Wildman–Crippen LogP) is 0.348. The second kappa shape index (κ2) is 7.41. The Morgan fingerprint density at radius 2 is 1.96 bits per heavy atom. The largest absolute Gasteiger partial charge is 0.497 e. The van der Waals surface area contributed by atoms with Crippen molar-refractivity contribution in [2.24, 2.45) is 5.73 Å². The molecule has 0 saturated carbocycles. The maximum absolute atomic E-state index is 11.6. The lowest BCUT2D eigenvalue weighted by Gasteiger charge is -2.33. The van der Waals surface area contributed by atoms with E-state index in [-0.39, 0.29) is 12.5 Å². The van der Waals surface area contributed by atoms with Crippen LogP contribution < -0.4 is 10.5 Å². The number of ether oxygens (including phenoxy) is 1. The lowest BCUT2D eigenvalue weighted by Crippen LogP contribution is -2.49. The Morgan fingerprint density at radius 1 is 1.25 bits per heavy atom. The predicted molar refractivity (Wildman–Crippen MR) is 87.2 cm³/mol. The fourth-order valence-electron chi connectivity index (χ4n) is 2.65. The van der Waals surface area contributed by atoms with Crippen LogP contribution in [0.5, 0.6) is 5.75 Å². The maximum Gasteiger partial charge on any atom is 0.241 e. The first-order valence-electron chi connectivity index (χ1n) is 7.87. The van der Waals surface area contributed by atoms with Crippen LogP contribution in [-0.4, -0.2) is 65.7 Å². The molecule has 1 saturated heterocycles. The normalized spacial score (nSPS) is 15.5. The topological polar surface area (TPSA) is 97.7 Å². The number of nitrogens with zero attached hydrogens (tertiary/aromatic N) is 4. The zero-order valence-corrected chi connectivity index (χ0v) is 13.6. The van der Waals surface area contributed by atoms with Gasteiger partial charge in [-0.25, -0.2) is 0 Å². The lowest BCUT2D eigenvalue weighted by atomic mass is 10.2. The Hall–Kier alpha value is -2.45. The van der Waals surface area contributed by atoms with E-state index in [1.807, 2.05) is 24.3 Å². The summed E-state index contributed by atoms with van der Waals surface area (Å²) in [5, 5.41) is 4.03. The monoisotopic (exact) mass is 331 g/mol. The standard InChI is InChI=1S/C16H21N5O3/c1-23-13-4-2-12(3-5-13)16-18-14(24-19-16)11-20-6-8-21(9-7-20)15(22)10-17/h2-5H,6-11,17H2,1H3. The number of amides is 1. The molecule has 8 nitrogen and oxygen atoms in total. The van der Waals surface area contributed by atoms with Crippen molar-refractivity contribution in [2.75, 3.05) is 39.8 Å². The van der Waals surface area contributed by atoms with Gasteiger partial charge < -0.3 is 19.9 Å². The van der Waals surface area contributed by atoms with Gasteiger partial charge in [-0.1, -0.05) is 5.16 Å². The number of rotatable bonds is 5. The first-order valence-corrected chi connectivity index (χ1v) is 7.87. The summed E-state index contributed by atoms with van der Waals surface area (Å²) in [6, 6.07) is 7.51. The van der Waals surface area contributed by atoms with Crippen molar-refractivity contribution in [1.29, 1.82) is 0 Å². The van der Waals surface area contributed by atoms with Crippen LogP contribution in [0.3, 0.4) is 0 Å². The van der Waals surface area contributed by atoms with Crippen molar-refractivity contribution in [1.82, 2.24) is 19.9 Å². The highest BCUT2D eigenvalue weighted by Gasteiger charge is 2.21. The molecule has 1 aliphatic heterocycles. The summed E-state index contributed by atoms with van der Waals surface area (Å²) >= 11 is 0. The van der Waals surface area contributed by atoms with Gasteiger partial charge >= 0.3 is 0 Å². The van der Waals surface area contributed by atoms with Crippen LogP contribution in [0.2, 0.25) is 0 Å². The molecule has 0 atom stereocenters. The van der Waals surface area contributed by atoms with Crippen molar-refractivity contribution in [3.8, 4) is 17.1 Å².